The first-order valence-corrected chi connectivity index (χ1v) is 51.1. The number of benzene rings is 23. The van der Waals surface area contributed by atoms with Gasteiger partial charge in [-0.1, -0.05) is 322 Å². The molecule has 0 spiro atoms. The van der Waals surface area contributed by atoms with Crippen LogP contribution in [0.2, 0.25) is 0 Å². The first-order valence-electron chi connectivity index (χ1n) is 48.7. The second-order valence-electron chi connectivity index (χ2n) is 36.5. The number of aromatic nitrogens is 3. The van der Waals surface area contributed by atoms with Crippen LogP contribution in [0.1, 0.15) is 0 Å². The summed E-state index contributed by atoms with van der Waals surface area (Å²) in [4.78, 5) is 7.00. The van der Waals surface area contributed by atoms with Crippen molar-refractivity contribution in [3.05, 3.63) is 534 Å². The van der Waals surface area contributed by atoms with Gasteiger partial charge in [0.05, 0.1) is 38.8 Å². The van der Waals surface area contributed by atoms with E-state index in [0.29, 0.717) is 0 Å². The van der Waals surface area contributed by atoms with E-state index in [1.54, 1.807) is 0 Å². The number of thiophene rings is 3. The Bertz CT molecular complexity index is 9840. The smallest absolute Gasteiger partial charge is 0.0555 e. The zero-order chi connectivity index (χ0) is 94.4. The van der Waals surface area contributed by atoms with E-state index < -0.39 is 0 Å². The average Bonchev–Trinajstić information content (AvgIpc) is 1.60. The topological polar surface area (TPSA) is 24.5 Å². The van der Waals surface area contributed by atoms with Gasteiger partial charge in [-0.25, -0.2) is 0 Å². The molecule has 0 N–H and O–H groups in total. The van der Waals surface area contributed by atoms with Crippen LogP contribution < -0.4 is 14.7 Å². The molecule has 6 aromatic heterocycles. The number of nitrogens with zero attached hydrogens (tertiary/aromatic N) is 6. The Hall–Kier alpha value is -18.0. The van der Waals surface area contributed by atoms with Gasteiger partial charge in [-0.15, -0.1) is 34.0 Å². The molecule has 6 heterocycles. The highest BCUT2D eigenvalue weighted by molar-refractivity contribution is 7.27. The third-order valence-electron chi connectivity index (χ3n) is 28.3. The minimum Gasteiger partial charge on any atom is -0.311 e. The summed E-state index contributed by atoms with van der Waals surface area (Å²) in [7, 11) is 0. The maximum absolute atomic E-state index is 2.42. The van der Waals surface area contributed by atoms with Crippen molar-refractivity contribution in [2.45, 2.75) is 0 Å². The number of rotatable bonds is 15. The lowest BCUT2D eigenvalue weighted by Crippen LogP contribution is -2.10. The lowest BCUT2D eigenvalue weighted by Gasteiger charge is -2.27. The number of hydrogen-bond donors (Lipinski definition) is 0. The largest absolute Gasteiger partial charge is 0.311 e. The van der Waals surface area contributed by atoms with Gasteiger partial charge in [0.15, 0.2) is 0 Å². The Labute approximate surface area is 838 Å². The zero-order valence-corrected chi connectivity index (χ0v) is 80.2. The quantitative estimate of drug-likeness (QED) is 0.102. The number of anilines is 9. The van der Waals surface area contributed by atoms with Crippen LogP contribution in [0.15, 0.2) is 534 Å². The van der Waals surface area contributed by atoms with Gasteiger partial charge < -0.3 is 28.4 Å². The molecule has 0 aliphatic carbocycles. The van der Waals surface area contributed by atoms with Crippen molar-refractivity contribution >= 4 is 233 Å². The summed E-state index contributed by atoms with van der Waals surface area (Å²) in [6, 6.07) is 193. The van der Waals surface area contributed by atoms with Crippen molar-refractivity contribution in [1.82, 2.24) is 13.7 Å². The van der Waals surface area contributed by atoms with Crippen LogP contribution in [0.5, 0.6) is 0 Å². The molecule has 0 aliphatic rings. The van der Waals surface area contributed by atoms with Crippen LogP contribution in [0.4, 0.5) is 51.2 Å². The fraction of sp³-hybridized carbons (Fsp3) is 0. The minimum atomic E-state index is 1.12. The molecule has 0 fully saturated rings. The fourth-order valence-electron chi connectivity index (χ4n) is 21.7. The first-order chi connectivity index (χ1) is 70.9. The van der Waals surface area contributed by atoms with Crippen LogP contribution in [0.3, 0.4) is 0 Å². The second kappa shape index (κ2) is 35.8. The van der Waals surface area contributed by atoms with Crippen molar-refractivity contribution in [1.29, 1.82) is 0 Å². The molecule has 0 saturated carbocycles. The molecule has 29 rings (SSSR count). The summed E-state index contributed by atoms with van der Waals surface area (Å²) in [5.41, 5.74) is 28.4. The van der Waals surface area contributed by atoms with E-state index >= 15 is 0 Å². The van der Waals surface area contributed by atoms with Gasteiger partial charge in [0.1, 0.15) is 0 Å². The molecule has 0 atom stereocenters. The van der Waals surface area contributed by atoms with Crippen molar-refractivity contribution in [2.75, 3.05) is 14.7 Å². The zero-order valence-electron chi connectivity index (χ0n) is 77.7. The molecule has 6 nitrogen and oxygen atoms in total. The van der Waals surface area contributed by atoms with E-state index in [4.69, 9.17) is 0 Å². The van der Waals surface area contributed by atoms with E-state index in [2.05, 4.69) is 562 Å². The minimum absolute atomic E-state index is 1.12. The Balaban J connectivity index is 0.000000107. The number of para-hydroxylation sites is 7. The number of fused-ring (bicyclic) bond motifs is 23. The number of hydrogen-bond acceptors (Lipinski definition) is 6. The average molecular weight is 1880 g/mol. The molecule has 0 aliphatic heterocycles. The Morgan fingerprint density at radius 3 is 0.783 bits per heavy atom. The third-order valence-corrected chi connectivity index (χ3v) is 31.9. The molecular weight excluding hydrogens is 1790 g/mol. The molecule has 672 valence electrons. The monoisotopic (exact) mass is 1880 g/mol. The van der Waals surface area contributed by atoms with E-state index in [9.17, 15) is 0 Å². The summed E-state index contributed by atoms with van der Waals surface area (Å²) in [6.07, 6.45) is 0. The predicted molar refractivity (Wildman–Crippen MR) is 616 cm³/mol. The molecule has 0 bridgehead atoms. The summed E-state index contributed by atoms with van der Waals surface area (Å²) >= 11 is 5.70. The van der Waals surface area contributed by atoms with E-state index in [-0.39, 0.29) is 0 Å². The van der Waals surface area contributed by atoms with Crippen LogP contribution in [0, 0.1) is 0 Å². The molecule has 0 radical (unpaired) electrons. The van der Waals surface area contributed by atoms with Gasteiger partial charge >= 0.3 is 0 Å². The van der Waals surface area contributed by atoms with Gasteiger partial charge in [-0.3, -0.25) is 0 Å². The molecule has 0 amide bonds. The normalized spacial score (nSPS) is 11.6. The van der Waals surface area contributed by atoms with Gasteiger partial charge in [-0.05, 0) is 262 Å². The highest BCUT2D eigenvalue weighted by Crippen LogP contribution is 2.51. The van der Waals surface area contributed by atoms with E-state index in [1.165, 1.54) is 204 Å². The van der Waals surface area contributed by atoms with Gasteiger partial charge in [0, 0.05) is 161 Å². The SMILES string of the molecule is c1ccc(N(c2ccc(-c3ccc4c(c3)c3c5sc6ccccc6c5ccc3n4-c3ccccc3)cc2)c2ccc3ccccc3c2)cc1.c1ccc(N(c2ccc(-c3ccc4c(c3)c3c5sc6ccccc6c5ccc3n4-c3ccccc3)cc2)c2cccc3ccccc23)cc1.c1ccc(N(c2ccccc2)c2ccc(-c3ccc4c(c3)c3c5sc6ccccc6c5ccc3n4-c3ccccc3)cc2)cc1. The van der Waals surface area contributed by atoms with E-state index in [0.717, 1.165) is 45.5 Å². The maximum Gasteiger partial charge on any atom is 0.0555 e. The lowest BCUT2D eigenvalue weighted by molar-refractivity contribution is 1.18. The van der Waals surface area contributed by atoms with Crippen LogP contribution in [-0.4, -0.2) is 13.7 Å². The molecular formula is C134H88N6S3. The fourth-order valence-corrected chi connectivity index (χ4v) is 25.5. The highest BCUT2D eigenvalue weighted by atomic mass is 32.1. The van der Waals surface area contributed by atoms with Gasteiger partial charge in [0.2, 0.25) is 0 Å². The molecule has 0 saturated heterocycles. The van der Waals surface area contributed by atoms with Crippen molar-refractivity contribution in [3.8, 4) is 50.4 Å². The Kier molecular flexibility index (Phi) is 21.1. The van der Waals surface area contributed by atoms with E-state index in [1.807, 2.05) is 34.0 Å². The molecule has 9 heteroatoms. The van der Waals surface area contributed by atoms with Crippen molar-refractivity contribution < 1.29 is 0 Å². The predicted octanol–water partition coefficient (Wildman–Crippen LogP) is 39.2. The van der Waals surface area contributed by atoms with Gasteiger partial charge in [0.25, 0.3) is 0 Å². The molecule has 23 aromatic carbocycles. The lowest BCUT2D eigenvalue weighted by atomic mass is 10.0. The standard InChI is InChI=1S/2C46H30N2S.C42H28N2S/c1-3-14-34(15-4-1)47(41-20-11-13-32-12-7-8-18-37(32)41)36-25-22-31(23-26-36)33-24-28-42-40(30-33)45-43(48(42)35-16-5-2-6-17-35)29-27-39-38-19-9-10-21-44(38)49-46(39)45;1-3-13-35(14-4-1)47(38-25-21-31-11-7-8-12-33(31)29-38)37-23-19-32(20-24-37)34-22-27-42-41(30-34)45-43(48(42)36-15-5-2-6-16-36)28-26-40-39-17-9-10-18-44(39)49-46(40)45;1-4-12-31(13-5-1)43(32-14-6-2-7-15-32)34-23-20-29(21-24-34)30-22-26-38-37(28-30)41-39(44(38)33-16-8-3-9-17-33)27-25-36-35-18-10-11-19-40(35)45-42(36)41/h2*1-30H;1-28H. The summed E-state index contributed by atoms with van der Waals surface area (Å²) < 4.78 is 15.3. The van der Waals surface area contributed by atoms with Crippen LogP contribution in [-0.2, 0) is 0 Å². The summed E-state index contributed by atoms with van der Waals surface area (Å²) in [6.45, 7) is 0. The summed E-state index contributed by atoms with van der Waals surface area (Å²) in [5, 5.41) is 20.7. The molecule has 29 aromatic rings. The maximum atomic E-state index is 2.42. The molecule has 0 unspecified atom stereocenters. The van der Waals surface area contributed by atoms with Crippen LogP contribution >= 0.6 is 34.0 Å². The van der Waals surface area contributed by atoms with Crippen LogP contribution in [0.25, 0.3) is 198 Å². The Morgan fingerprint density at radius 1 is 0.147 bits per heavy atom. The van der Waals surface area contributed by atoms with Crippen molar-refractivity contribution in [2.24, 2.45) is 0 Å². The Morgan fingerprint density at radius 2 is 0.413 bits per heavy atom. The summed E-state index contributed by atoms with van der Waals surface area (Å²) in [5.74, 6) is 0. The van der Waals surface area contributed by atoms with Gasteiger partial charge in [-0.2, -0.15) is 0 Å². The third kappa shape index (κ3) is 14.9. The highest BCUT2D eigenvalue weighted by Gasteiger charge is 2.26. The van der Waals surface area contributed by atoms with Crippen molar-refractivity contribution in [3.63, 3.8) is 0 Å². The molecule has 143 heavy (non-hydrogen) atoms. The second-order valence-corrected chi connectivity index (χ2v) is 39.7. The first kappa shape index (κ1) is 84.3.